The summed E-state index contributed by atoms with van der Waals surface area (Å²) in [4.78, 5) is 16.5. The standard InChI is InChI=1S/C15H12N2O/c1-9(18)14-10-5-2-3-7-12(10)17-13-8-4-6-11(16)15(13)14/h2-8H,16H2,1H3. The van der Waals surface area contributed by atoms with Crippen LogP contribution in [0, 0.1) is 0 Å². The Bertz CT molecular complexity index is 778. The van der Waals surface area contributed by atoms with Crippen molar-refractivity contribution in [1.29, 1.82) is 0 Å². The average molecular weight is 236 g/mol. The van der Waals surface area contributed by atoms with Crippen molar-refractivity contribution in [2.75, 3.05) is 5.73 Å². The van der Waals surface area contributed by atoms with Gasteiger partial charge in [-0.15, -0.1) is 0 Å². The van der Waals surface area contributed by atoms with Crippen LogP contribution in [0.3, 0.4) is 0 Å². The van der Waals surface area contributed by atoms with Crippen LogP contribution in [-0.4, -0.2) is 10.8 Å². The second-order valence-corrected chi connectivity index (χ2v) is 4.30. The molecule has 0 atom stereocenters. The summed E-state index contributed by atoms with van der Waals surface area (Å²) in [6.07, 6.45) is 0. The van der Waals surface area contributed by atoms with E-state index < -0.39 is 0 Å². The smallest absolute Gasteiger partial charge is 0.161 e. The first-order valence-corrected chi connectivity index (χ1v) is 5.76. The number of pyridine rings is 1. The minimum Gasteiger partial charge on any atom is -0.398 e. The highest BCUT2D eigenvalue weighted by molar-refractivity contribution is 6.18. The van der Waals surface area contributed by atoms with Gasteiger partial charge in [-0.25, -0.2) is 4.98 Å². The first-order chi connectivity index (χ1) is 8.68. The zero-order valence-electron chi connectivity index (χ0n) is 9.97. The van der Waals surface area contributed by atoms with Crippen molar-refractivity contribution < 1.29 is 4.79 Å². The molecular formula is C15H12N2O. The molecule has 0 amide bonds. The summed E-state index contributed by atoms with van der Waals surface area (Å²) < 4.78 is 0. The van der Waals surface area contributed by atoms with Crippen LogP contribution in [0.5, 0.6) is 0 Å². The zero-order chi connectivity index (χ0) is 12.7. The maximum absolute atomic E-state index is 11.9. The highest BCUT2D eigenvalue weighted by Crippen LogP contribution is 2.30. The minimum absolute atomic E-state index is 0.0106. The number of carbonyl (C=O) groups excluding carboxylic acids is 1. The van der Waals surface area contributed by atoms with Crippen molar-refractivity contribution in [3.05, 3.63) is 48.0 Å². The van der Waals surface area contributed by atoms with Crippen molar-refractivity contribution in [2.45, 2.75) is 6.92 Å². The number of nitrogens with zero attached hydrogens (tertiary/aromatic N) is 1. The van der Waals surface area contributed by atoms with Gasteiger partial charge in [0.2, 0.25) is 0 Å². The highest BCUT2D eigenvalue weighted by Gasteiger charge is 2.14. The van der Waals surface area contributed by atoms with Gasteiger partial charge < -0.3 is 5.73 Å². The van der Waals surface area contributed by atoms with Crippen LogP contribution in [0.25, 0.3) is 21.8 Å². The van der Waals surface area contributed by atoms with E-state index in [1.54, 1.807) is 13.0 Å². The molecule has 0 spiro atoms. The number of ketones is 1. The van der Waals surface area contributed by atoms with E-state index in [-0.39, 0.29) is 5.78 Å². The predicted octanol–water partition coefficient (Wildman–Crippen LogP) is 3.17. The number of nitrogen functional groups attached to an aromatic ring is 1. The number of Topliss-reactive ketones (excluding diaryl/α,β-unsaturated/α-hetero) is 1. The van der Waals surface area contributed by atoms with Gasteiger partial charge in [-0.05, 0) is 25.1 Å². The van der Waals surface area contributed by atoms with Gasteiger partial charge in [-0.1, -0.05) is 24.3 Å². The highest BCUT2D eigenvalue weighted by atomic mass is 16.1. The SMILES string of the molecule is CC(=O)c1c2ccccc2nc2cccc(N)c12. The first kappa shape index (κ1) is 10.7. The Kier molecular flexibility index (Phi) is 2.27. The Morgan fingerprint density at radius 2 is 1.78 bits per heavy atom. The number of aromatic nitrogens is 1. The number of hydrogen-bond acceptors (Lipinski definition) is 3. The van der Waals surface area contributed by atoms with E-state index in [1.165, 1.54) is 0 Å². The third-order valence-corrected chi connectivity index (χ3v) is 3.09. The number of para-hydroxylation sites is 1. The number of benzene rings is 2. The Morgan fingerprint density at radius 3 is 2.56 bits per heavy atom. The van der Waals surface area contributed by atoms with Crippen LogP contribution in [0.4, 0.5) is 5.69 Å². The number of fused-ring (bicyclic) bond motifs is 2. The minimum atomic E-state index is 0.0106. The van der Waals surface area contributed by atoms with E-state index >= 15 is 0 Å². The quantitative estimate of drug-likeness (QED) is 0.401. The molecule has 0 bridgehead atoms. The fourth-order valence-corrected chi connectivity index (χ4v) is 2.34. The van der Waals surface area contributed by atoms with E-state index in [0.717, 1.165) is 21.8 Å². The van der Waals surface area contributed by atoms with Gasteiger partial charge in [0.25, 0.3) is 0 Å². The number of carbonyl (C=O) groups is 1. The molecule has 18 heavy (non-hydrogen) atoms. The Labute approximate surface area is 104 Å². The molecular weight excluding hydrogens is 224 g/mol. The lowest BCUT2D eigenvalue weighted by Gasteiger charge is -2.09. The maximum Gasteiger partial charge on any atom is 0.161 e. The molecule has 0 aliphatic heterocycles. The molecule has 0 fully saturated rings. The Balaban J connectivity index is 2.64. The van der Waals surface area contributed by atoms with Gasteiger partial charge >= 0.3 is 0 Å². The molecule has 3 nitrogen and oxygen atoms in total. The molecule has 0 saturated carbocycles. The molecule has 0 aliphatic carbocycles. The van der Waals surface area contributed by atoms with Gasteiger partial charge in [0.05, 0.1) is 11.0 Å². The van der Waals surface area contributed by atoms with Crippen molar-refractivity contribution in [3.8, 4) is 0 Å². The largest absolute Gasteiger partial charge is 0.398 e. The van der Waals surface area contributed by atoms with Gasteiger partial charge in [-0.3, -0.25) is 4.79 Å². The van der Waals surface area contributed by atoms with Crippen LogP contribution in [0.15, 0.2) is 42.5 Å². The third-order valence-electron chi connectivity index (χ3n) is 3.09. The summed E-state index contributed by atoms with van der Waals surface area (Å²) in [5.74, 6) is 0.0106. The molecule has 88 valence electrons. The molecule has 0 aliphatic rings. The lowest BCUT2D eigenvalue weighted by Crippen LogP contribution is -2.00. The van der Waals surface area contributed by atoms with E-state index in [9.17, 15) is 4.79 Å². The monoisotopic (exact) mass is 236 g/mol. The molecule has 0 radical (unpaired) electrons. The summed E-state index contributed by atoms with van der Waals surface area (Å²) in [5, 5.41) is 1.61. The molecule has 1 aromatic heterocycles. The van der Waals surface area contributed by atoms with Crippen molar-refractivity contribution in [3.63, 3.8) is 0 Å². The second kappa shape index (κ2) is 3.81. The third kappa shape index (κ3) is 1.44. The lowest BCUT2D eigenvalue weighted by molar-refractivity contribution is 0.102. The molecule has 3 aromatic rings. The summed E-state index contributed by atoms with van der Waals surface area (Å²) in [6.45, 7) is 1.56. The number of hydrogen-bond donors (Lipinski definition) is 1. The van der Waals surface area contributed by atoms with Crippen LogP contribution in [-0.2, 0) is 0 Å². The Morgan fingerprint density at radius 1 is 1.06 bits per heavy atom. The maximum atomic E-state index is 11.9. The van der Waals surface area contributed by atoms with Gasteiger partial charge in [0, 0.05) is 22.0 Å². The molecule has 1 heterocycles. The first-order valence-electron chi connectivity index (χ1n) is 5.76. The van der Waals surface area contributed by atoms with Crippen LogP contribution >= 0.6 is 0 Å². The molecule has 3 rings (SSSR count). The normalized spacial score (nSPS) is 10.9. The van der Waals surface area contributed by atoms with Crippen molar-refractivity contribution in [2.24, 2.45) is 0 Å². The number of rotatable bonds is 1. The fourth-order valence-electron chi connectivity index (χ4n) is 2.34. The molecule has 3 heteroatoms. The molecule has 2 N–H and O–H groups in total. The van der Waals surface area contributed by atoms with Gasteiger partial charge in [0.15, 0.2) is 5.78 Å². The second-order valence-electron chi connectivity index (χ2n) is 4.30. The molecule has 0 unspecified atom stereocenters. The van der Waals surface area contributed by atoms with Gasteiger partial charge in [0.1, 0.15) is 0 Å². The van der Waals surface area contributed by atoms with Crippen LogP contribution in [0.2, 0.25) is 0 Å². The summed E-state index contributed by atoms with van der Waals surface area (Å²) in [6, 6.07) is 13.2. The molecule has 2 aromatic carbocycles. The van der Waals surface area contributed by atoms with E-state index in [4.69, 9.17) is 5.73 Å². The Hall–Kier alpha value is -2.42. The van der Waals surface area contributed by atoms with E-state index in [0.29, 0.717) is 11.3 Å². The summed E-state index contributed by atoms with van der Waals surface area (Å²) in [7, 11) is 0. The lowest BCUT2D eigenvalue weighted by atomic mass is 9.99. The number of nitrogens with two attached hydrogens (primary N) is 1. The van der Waals surface area contributed by atoms with Crippen molar-refractivity contribution in [1.82, 2.24) is 4.98 Å². The number of anilines is 1. The fraction of sp³-hybridized carbons (Fsp3) is 0.0667. The summed E-state index contributed by atoms with van der Waals surface area (Å²) >= 11 is 0. The van der Waals surface area contributed by atoms with Crippen molar-refractivity contribution >= 4 is 33.3 Å². The van der Waals surface area contributed by atoms with Crippen LogP contribution < -0.4 is 5.73 Å². The predicted molar refractivity (Wildman–Crippen MR) is 73.7 cm³/mol. The van der Waals surface area contributed by atoms with Crippen LogP contribution in [0.1, 0.15) is 17.3 Å². The van der Waals surface area contributed by atoms with E-state index in [1.807, 2.05) is 36.4 Å². The molecule has 0 saturated heterocycles. The average Bonchev–Trinajstić information content (AvgIpc) is 2.36. The van der Waals surface area contributed by atoms with E-state index in [2.05, 4.69) is 4.98 Å². The topological polar surface area (TPSA) is 56.0 Å². The van der Waals surface area contributed by atoms with Gasteiger partial charge in [-0.2, -0.15) is 0 Å². The summed E-state index contributed by atoms with van der Waals surface area (Å²) in [5.41, 5.74) is 8.83. The zero-order valence-corrected chi connectivity index (χ0v) is 9.97.